The van der Waals surface area contributed by atoms with Crippen LogP contribution in [-0.4, -0.2) is 70.0 Å². The molecule has 0 spiro atoms. The van der Waals surface area contributed by atoms with E-state index in [0.717, 1.165) is 65.3 Å². The molecule has 6 heterocycles. The van der Waals surface area contributed by atoms with Gasteiger partial charge in [-0.2, -0.15) is 20.2 Å². The number of aromatic nitrogens is 8. The fourth-order valence-corrected chi connectivity index (χ4v) is 5.95. The van der Waals surface area contributed by atoms with Gasteiger partial charge in [0.25, 0.3) is 5.91 Å². The highest BCUT2D eigenvalue weighted by Crippen LogP contribution is 2.41. The van der Waals surface area contributed by atoms with Crippen molar-refractivity contribution in [3.05, 3.63) is 95.2 Å². The van der Waals surface area contributed by atoms with Crippen molar-refractivity contribution >= 4 is 11.9 Å². The van der Waals surface area contributed by atoms with Crippen molar-refractivity contribution in [2.45, 2.75) is 49.6 Å². The van der Waals surface area contributed by atoms with Gasteiger partial charge in [-0.15, -0.1) is 0 Å². The summed E-state index contributed by atoms with van der Waals surface area (Å²) in [5.41, 5.74) is 10.4. The average molecular weight is 721 g/mol. The second-order valence-corrected chi connectivity index (χ2v) is 13.2. The molecule has 0 bridgehead atoms. The molecule has 2 fully saturated rings. The highest BCUT2D eigenvalue weighted by Gasteiger charge is 2.32. The third-order valence-corrected chi connectivity index (χ3v) is 9.28. The summed E-state index contributed by atoms with van der Waals surface area (Å²) in [6, 6.07) is 14.6. The largest absolute Gasteiger partial charge is 0.491 e. The number of ether oxygens (including phenoxy) is 2. The van der Waals surface area contributed by atoms with Gasteiger partial charge in [-0.05, 0) is 49.9 Å². The average Bonchev–Trinajstić information content (AvgIpc) is 3.71. The predicted molar refractivity (Wildman–Crippen MR) is 185 cm³/mol. The van der Waals surface area contributed by atoms with E-state index >= 15 is 0 Å². The van der Waals surface area contributed by atoms with Crippen LogP contribution in [0.15, 0.2) is 70.0 Å². The van der Waals surface area contributed by atoms with Crippen LogP contribution in [0.3, 0.4) is 0 Å². The Balaban J connectivity index is 0.000000128. The van der Waals surface area contributed by atoms with E-state index in [9.17, 15) is 9.59 Å². The first-order chi connectivity index (χ1) is 25.7. The lowest BCUT2D eigenvalue weighted by atomic mass is 10.1. The third-order valence-electron chi connectivity index (χ3n) is 9.28. The van der Waals surface area contributed by atoms with Gasteiger partial charge in [0.15, 0.2) is 0 Å². The van der Waals surface area contributed by atoms with E-state index in [2.05, 4.69) is 35.8 Å². The van der Waals surface area contributed by atoms with Crippen LogP contribution >= 0.6 is 0 Å². The number of carbonyl (C=O) groups excluding carboxylic acids is 1. The SMILES string of the molecule is Cn1nccc1C(=O)N[C@@H]1COc2cc(-c3noc(C4CC4)n3)ccc21.Cn1nccc1C(=O)O.N[C@@H]1COc2cc(-c3noc(C4CC4)n3)ccc21. The van der Waals surface area contributed by atoms with Crippen LogP contribution in [0.4, 0.5) is 0 Å². The van der Waals surface area contributed by atoms with Crippen LogP contribution in [0.25, 0.3) is 22.8 Å². The number of aryl methyl sites for hydroxylation is 2. The lowest BCUT2D eigenvalue weighted by Gasteiger charge is -2.11. The van der Waals surface area contributed by atoms with E-state index in [-0.39, 0.29) is 23.7 Å². The second kappa shape index (κ2) is 14.0. The van der Waals surface area contributed by atoms with E-state index in [4.69, 9.17) is 29.4 Å². The van der Waals surface area contributed by atoms with Crippen molar-refractivity contribution < 1.29 is 33.2 Å². The summed E-state index contributed by atoms with van der Waals surface area (Å²) in [6.07, 6.45) is 7.60. The highest BCUT2D eigenvalue weighted by atomic mass is 16.5. The van der Waals surface area contributed by atoms with Crippen molar-refractivity contribution in [2.75, 3.05) is 13.2 Å². The summed E-state index contributed by atoms with van der Waals surface area (Å²) >= 11 is 0. The molecule has 2 aromatic carbocycles. The number of carboxylic acid groups (broad SMARTS) is 1. The molecule has 4 N–H and O–H groups in total. The van der Waals surface area contributed by atoms with Gasteiger partial charge in [-0.25, -0.2) is 4.79 Å². The van der Waals surface area contributed by atoms with Crippen LogP contribution in [0.2, 0.25) is 0 Å². The molecular formula is C36H36N10O7. The number of amides is 1. The summed E-state index contributed by atoms with van der Waals surface area (Å²) in [5.74, 6) is 4.00. The van der Waals surface area contributed by atoms with Gasteiger partial charge in [0.1, 0.15) is 36.1 Å². The molecule has 2 saturated carbocycles. The summed E-state index contributed by atoms with van der Waals surface area (Å²) in [4.78, 5) is 31.5. The topological polar surface area (TPSA) is 224 Å². The molecular weight excluding hydrogens is 684 g/mol. The maximum atomic E-state index is 12.4. The molecule has 272 valence electrons. The maximum absolute atomic E-state index is 12.4. The van der Waals surface area contributed by atoms with E-state index in [1.54, 1.807) is 31.0 Å². The van der Waals surface area contributed by atoms with Crippen molar-refractivity contribution in [3.8, 4) is 34.3 Å². The highest BCUT2D eigenvalue weighted by molar-refractivity contribution is 5.92. The minimum absolute atomic E-state index is 0.0265. The monoisotopic (exact) mass is 720 g/mol. The van der Waals surface area contributed by atoms with Gasteiger partial charge in [-0.1, -0.05) is 34.6 Å². The zero-order chi connectivity index (χ0) is 36.6. The molecule has 2 aliphatic carbocycles. The summed E-state index contributed by atoms with van der Waals surface area (Å²) in [5, 5.41) is 27.2. The van der Waals surface area contributed by atoms with Crippen LogP contribution in [0, 0.1) is 0 Å². The van der Waals surface area contributed by atoms with Gasteiger partial charge < -0.3 is 34.7 Å². The Labute approximate surface area is 302 Å². The molecule has 4 aromatic heterocycles. The molecule has 2 atom stereocenters. The number of aromatic carboxylic acids is 1. The first-order valence-electron chi connectivity index (χ1n) is 17.2. The molecule has 1 amide bonds. The second-order valence-electron chi connectivity index (χ2n) is 13.2. The Bertz CT molecular complexity index is 2280. The number of nitrogens with two attached hydrogens (primary N) is 1. The number of rotatable bonds is 7. The Kier molecular flexibility index (Phi) is 8.91. The Morgan fingerprint density at radius 2 is 1.28 bits per heavy atom. The number of carbonyl (C=O) groups is 2. The zero-order valence-corrected chi connectivity index (χ0v) is 28.9. The molecule has 10 rings (SSSR count). The number of fused-ring (bicyclic) bond motifs is 2. The molecule has 4 aliphatic rings. The number of benzene rings is 2. The van der Waals surface area contributed by atoms with Gasteiger partial charge >= 0.3 is 5.97 Å². The molecule has 0 unspecified atom stereocenters. The lowest BCUT2D eigenvalue weighted by Crippen LogP contribution is -2.30. The molecule has 6 aromatic rings. The Morgan fingerprint density at radius 1 is 0.755 bits per heavy atom. The van der Waals surface area contributed by atoms with Crippen molar-refractivity contribution in [1.29, 1.82) is 0 Å². The number of carboxylic acids is 1. The lowest BCUT2D eigenvalue weighted by molar-refractivity contribution is 0.0684. The van der Waals surface area contributed by atoms with Crippen LogP contribution in [-0.2, 0) is 14.1 Å². The normalized spacial score (nSPS) is 18.0. The van der Waals surface area contributed by atoms with Gasteiger partial charge in [0.05, 0.1) is 12.1 Å². The van der Waals surface area contributed by atoms with Crippen LogP contribution < -0.4 is 20.5 Å². The summed E-state index contributed by atoms with van der Waals surface area (Å²) < 4.78 is 24.7. The van der Waals surface area contributed by atoms with Gasteiger partial charge in [0, 0.05) is 60.6 Å². The van der Waals surface area contributed by atoms with E-state index in [1.807, 2.05) is 36.4 Å². The molecule has 0 radical (unpaired) electrons. The smallest absolute Gasteiger partial charge is 0.354 e. The fourth-order valence-electron chi connectivity index (χ4n) is 5.95. The fraction of sp³-hybridized carbons (Fsp3) is 0.333. The molecule has 17 nitrogen and oxygen atoms in total. The quantitative estimate of drug-likeness (QED) is 0.209. The first kappa shape index (κ1) is 33.8. The van der Waals surface area contributed by atoms with Crippen LogP contribution in [0.1, 0.15) is 93.5 Å². The van der Waals surface area contributed by atoms with Gasteiger partial charge in [-0.3, -0.25) is 14.2 Å². The number of hydrogen-bond donors (Lipinski definition) is 3. The van der Waals surface area contributed by atoms with Crippen molar-refractivity contribution in [1.82, 2.24) is 45.2 Å². The Hall–Kier alpha value is -6.36. The minimum atomic E-state index is -0.949. The van der Waals surface area contributed by atoms with Crippen molar-refractivity contribution in [2.24, 2.45) is 19.8 Å². The summed E-state index contributed by atoms with van der Waals surface area (Å²) in [6.45, 7) is 0.931. The number of hydrogen-bond acceptors (Lipinski definition) is 13. The standard InChI is InChI=1S/C18H17N5O3.C13H13N3O2.C5H6N2O2/c1-23-14(6-7-19-23)17(24)20-13-9-25-15-8-11(4-5-12(13)15)16-21-18(26-22-16)10-2-3-10;14-10-6-17-11-5-8(3-4-9(10)11)12-15-13(18-16-12)7-1-2-7;1-7-4(5(8)9)2-3-6-7/h4-8,10,13H,2-3,9H2,1H3,(H,20,24);3-5,7,10H,1-2,6,14H2;2-3H,1H3,(H,8,9)/t13-;10-;/m11./s1. The van der Waals surface area contributed by atoms with Crippen molar-refractivity contribution in [3.63, 3.8) is 0 Å². The third kappa shape index (κ3) is 7.23. The van der Waals surface area contributed by atoms with Crippen LogP contribution in [0.5, 0.6) is 11.5 Å². The molecule has 53 heavy (non-hydrogen) atoms. The van der Waals surface area contributed by atoms with E-state index < -0.39 is 5.97 Å². The number of nitrogens with zero attached hydrogens (tertiary/aromatic N) is 8. The number of nitrogens with one attached hydrogen (secondary N) is 1. The van der Waals surface area contributed by atoms with E-state index in [0.29, 0.717) is 48.3 Å². The van der Waals surface area contributed by atoms with Gasteiger partial charge in [0.2, 0.25) is 23.4 Å². The first-order valence-corrected chi connectivity index (χ1v) is 17.2. The minimum Gasteiger partial charge on any atom is -0.491 e. The molecule has 0 saturated heterocycles. The maximum Gasteiger partial charge on any atom is 0.354 e. The predicted octanol–water partition coefficient (Wildman–Crippen LogP) is 4.34. The molecule has 2 aliphatic heterocycles. The zero-order valence-electron chi connectivity index (χ0n) is 28.9. The Morgan fingerprint density at radius 3 is 1.79 bits per heavy atom. The summed E-state index contributed by atoms with van der Waals surface area (Å²) in [7, 11) is 3.32. The van der Waals surface area contributed by atoms with E-state index in [1.165, 1.54) is 16.9 Å². The molecule has 17 heteroatoms.